The number of aromatic amines is 2. The number of nitrogens with one attached hydrogen (secondary N) is 2. The van der Waals surface area contributed by atoms with Gasteiger partial charge < -0.3 is 15.7 Å². The smallest absolute Gasteiger partial charge is 0.0471 e. The van der Waals surface area contributed by atoms with E-state index >= 15 is 0 Å². The van der Waals surface area contributed by atoms with Crippen molar-refractivity contribution in [3.63, 3.8) is 0 Å². The van der Waals surface area contributed by atoms with Crippen LogP contribution in [-0.2, 0) is 6.54 Å². The Balaban J connectivity index is 2.35. The molecule has 3 heteroatoms. The molecule has 2 aromatic rings. The second kappa shape index (κ2) is 2.87. The van der Waals surface area contributed by atoms with Crippen molar-refractivity contribution in [2.24, 2.45) is 5.73 Å². The molecule has 2 aromatic heterocycles. The maximum Gasteiger partial charge on any atom is 0.0471 e. The summed E-state index contributed by atoms with van der Waals surface area (Å²) in [6.45, 7) is 0.560. The molecule has 2 heterocycles. The summed E-state index contributed by atoms with van der Waals surface area (Å²) >= 11 is 0. The predicted molar refractivity (Wildman–Crippen MR) is 48.5 cm³/mol. The lowest BCUT2D eigenvalue weighted by Crippen LogP contribution is -1.95. The lowest BCUT2D eigenvalue weighted by Gasteiger charge is -1.91. The van der Waals surface area contributed by atoms with Crippen LogP contribution in [0.4, 0.5) is 0 Å². The number of aromatic nitrogens is 2. The van der Waals surface area contributed by atoms with Crippen molar-refractivity contribution in [2.45, 2.75) is 6.54 Å². The van der Waals surface area contributed by atoms with E-state index < -0.39 is 0 Å². The first-order valence-corrected chi connectivity index (χ1v) is 3.91. The van der Waals surface area contributed by atoms with Gasteiger partial charge in [-0.2, -0.15) is 0 Å². The molecule has 0 aliphatic rings. The van der Waals surface area contributed by atoms with Gasteiger partial charge in [-0.05, 0) is 18.2 Å². The van der Waals surface area contributed by atoms with Gasteiger partial charge in [-0.15, -0.1) is 0 Å². The van der Waals surface area contributed by atoms with Crippen LogP contribution in [0.2, 0.25) is 0 Å². The minimum atomic E-state index is 0.560. The van der Waals surface area contributed by atoms with Crippen LogP contribution in [0.15, 0.2) is 30.6 Å². The van der Waals surface area contributed by atoms with Crippen molar-refractivity contribution >= 4 is 0 Å². The fourth-order valence-corrected chi connectivity index (χ4v) is 1.22. The first kappa shape index (κ1) is 7.18. The molecule has 0 atom stereocenters. The van der Waals surface area contributed by atoms with E-state index in [0.29, 0.717) is 6.54 Å². The van der Waals surface area contributed by atoms with Crippen molar-refractivity contribution in [1.82, 2.24) is 9.97 Å². The third-order valence-electron chi connectivity index (χ3n) is 1.88. The summed E-state index contributed by atoms with van der Waals surface area (Å²) in [6.07, 6.45) is 3.85. The van der Waals surface area contributed by atoms with Gasteiger partial charge in [0.1, 0.15) is 0 Å². The lowest BCUT2D eigenvalue weighted by molar-refractivity contribution is 1.01. The SMILES string of the molecule is NCc1ccc(-c2cc[nH]c2)[nH]1. The third-order valence-corrected chi connectivity index (χ3v) is 1.88. The molecule has 0 spiro atoms. The van der Waals surface area contributed by atoms with Crippen molar-refractivity contribution in [3.05, 3.63) is 36.3 Å². The van der Waals surface area contributed by atoms with E-state index in [0.717, 1.165) is 17.0 Å². The molecule has 0 aromatic carbocycles. The highest BCUT2D eigenvalue weighted by Crippen LogP contribution is 2.16. The molecule has 0 bridgehead atoms. The van der Waals surface area contributed by atoms with Crippen molar-refractivity contribution in [3.8, 4) is 11.3 Å². The topological polar surface area (TPSA) is 57.6 Å². The number of nitrogens with two attached hydrogens (primary N) is 1. The average molecular weight is 161 g/mol. The molecule has 3 nitrogen and oxygen atoms in total. The minimum absolute atomic E-state index is 0.560. The fraction of sp³-hybridized carbons (Fsp3) is 0.111. The zero-order valence-electron chi connectivity index (χ0n) is 6.67. The predicted octanol–water partition coefficient (Wildman–Crippen LogP) is 1.47. The molecule has 4 N–H and O–H groups in total. The largest absolute Gasteiger partial charge is 0.367 e. The second-order valence-corrected chi connectivity index (χ2v) is 2.70. The fourth-order valence-electron chi connectivity index (χ4n) is 1.22. The molecule has 0 saturated carbocycles. The van der Waals surface area contributed by atoms with Gasteiger partial charge in [-0.1, -0.05) is 0 Å². The Bertz CT molecular complexity index is 345. The normalized spacial score (nSPS) is 10.4. The molecule has 0 unspecified atom stereocenters. The van der Waals surface area contributed by atoms with Gasteiger partial charge in [0.25, 0.3) is 0 Å². The summed E-state index contributed by atoms with van der Waals surface area (Å²) in [5.74, 6) is 0. The molecular weight excluding hydrogens is 150 g/mol. The Morgan fingerprint density at radius 2 is 2.17 bits per heavy atom. The highest BCUT2D eigenvalue weighted by Gasteiger charge is 1.99. The van der Waals surface area contributed by atoms with Crippen molar-refractivity contribution < 1.29 is 0 Å². The summed E-state index contributed by atoms with van der Waals surface area (Å²) in [7, 11) is 0. The Hall–Kier alpha value is -1.48. The van der Waals surface area contributed by atoms with Crippen LogP contribution in [0.1, 0.15) is 5.69 Å². The standard InChI is InChI=1S/C9H11N3/c10-5-8-1-2-9(12-8)7-3-4-11-6-7/h1-4,6,11-12H,5,10H2. The van der Waals surface area contributed by atoms with E-state index in [2.05, 4.69) is 9.97 Å². The van der Waals surface area contributed by atoms with Gasteiger partial charge in [-0.25, -0.2) is 0 Å². The average Bonchev–Trinajstić information content (AvgIpc) is 2.75. The Morgan fingerprint density at radius 1 is 1.25 bits per heavy atom. The number of hydrogen-bond acceptors (Lipinski definition) is 1. The van der Waals surface area contributed by atoms with Gasteiger partial charge >= 0.3 is 0 Å². The molecule has 0 aliphatic carbocycles. The Morgan fingerprint density at radius 3 is 2.75 bits per heavy atom. The van der Waals surface area contributed by atoms with Crippen LogP contribution >= 0.6 is 0 Å². The zero-order chi connectivity index (χ0) is 8.39. The van der Waals surface area contributed by atoms with Crippen molar-refractivity contribution in [2.75, 3.05) is 0 Å². The summed E-state index contributed by atoms with van der Waals surface area (Å²) in [5.41, 5.74) is 8.81. The maximum atomic E-state index is 5.48. The van der Waals surface area contributed by atoms with Gasteiger partial charge in [0.05, 0.1) is 0 Å². The van der Waals surface area contributed by atoms with Crippen LogP contribution in [0.3, 0.4) is 0 Å². The summed E-state index contributed by atoms with van der Waals surface area (Å²) in [4.78, 5) is 6.22. The van der Waals surface area contributed by atoms with Crippen LogP contribution in [0.5, 0.6) is 0 Å². The Kier molecular flexibility index (Phi) is 1.72. The van der Waals surface area contributed by atoms with E-state index in [9.17, 15) is 0 Å². The quantitative estimate of drug-likeness (QED) is 0.613. The highest BCUT2D eigenvalue weighted by atomic mass is 14.8. The molecule has 2 rings (SSSR count). The van der Waals surface area contributed by atoms with Crippen LogP contribution in [0, 0.1) is 0 Å². The first-order chi connectivity index (χ1) is 5.90. The van der Waals surface area contributed by atoms with E-state index in [1.54, 1.807) is 0 Å². The number of rotatable bonds is 2. The molecular formula is C9H11N3. The second-order valence-electron chi connectivity index (χ2n) is 2.70. The zero-order valence-corrected chi connectivity index (χ0v) is 6.67. The van der Waals surface area contributed by atoms with Gasteiger partial charge in [0.15, 0.2) is 0 Å². The number of H-pyrrole nitrogens is 2. The summed E-state index contributed by atoms with van der Waals surface area (Å²) in [5, 5.41) is 0. The maximum absolute atomic E-state index is 5.48. The molecule has 0 fully saturated rings. The Labute approximate surface area is 70.6 Å². The highest BCUT2D eigenvalue weighted by molar-refractivity contribution is 5.58. The van der Waals surface area contributed by atoms with Crippen LogP contribution in [0.25, 0.3) is 11.3 Å². The number of hydrogen-bond donors (Lipinski definition) is 3. The molecule has 0 aliphatic heterocycles. The van der Waals surface area contributed by atoms with E-state index in [1.165, 1.54) is 0 Å². The van der Waals surface area contributed by atoms with Crippen molar-refractivity contribution in [1.29, 1.82) is 0 Å². The first-order valence-electron chi connectivity index (χ1n) is 3.91. The van der Waals surface area contributed by atoms with Crippen LogP contribution < -0.4 is 5.73 Å². The summed E-state index contributed by atoms with van der Waals surface area (Å²) < 4.78 is 0. The third kappa shape index (κ3) is 1.14. The van der Waals surface area contributed by atoms with Crippen LogP contribution in [-0.4, -0.2) is 9.97 Å². The lowest BCUT2D eigenvalue weighted by atomic mass is 10.2. The molecule has 12 heavy (non-hydrogen) atoms. The monoisotopic (exact) mass is 161 g/mol. The summed E-state index contributed by atoms with van der Waals surface area (Å²) in [6, 6.07) is 6.06. The van der Waals surface area contributed by atoms with Gasteiger partial charge in [-0.3, -0.25) is 0 Å². The molecule has 0 amide bonds. The van der Waals surface area contributed by atoms with E-state index in [1.807, 2.05) is 30.6 Å². The molecule has 62 valence electrons. The minimum Gasteiger partial charge on any atom is -0.367 e. The van der Waals surface area contributed by atoms with E-state index in [4.69, 9.17) is 5.73 Å². The molecule has 0 radical (unpaired) electrons. The van der Waals surface area contributed by atoms with Gasteiger partial charge in [0, 0.05) is 35.9 Å². The van der Waals surface area contributed by atoms with E-state index in [-0.39, 0.29) is 0 Å². The molecule has 0 saturated heterocycles. The van der Waals surface area contributed by atoms with Gasteiger partial charge in [0.2, 0.25) is 0 Å².